The monoisotopic (exact) mass is 457 g/mol. The summed E-state index contributed by atoms with van der Waals surface area (Å²) < 4.78 is 33.2. The molecule has 0 aliphatic carbocycles. The van der Waals surface area contributed by atoms with E-state index in [1.165, 1.54) is 11.4 Å². The van der Waals surface area contributed by atoms with E-state index in [0.717, 1.165) is 38.6 Å². The number of carbonyl (C=O) groups is 1. The van der Waals surface area contributed by atoms with Crippen LogP contribution in [0.15, 0.2) is 83.8 Å². The third-order valence-corrected chi connectivity index (χ3v) is 7.97. The van der Waals surface area contributed by atoms with Crippen molar-refractivity contribution in [1.82, 2.24) is 4.31 Å². The van der Waals surface area contributed by atoms with E-state index in [2.05, 4.69) is 0 Å². The van der Waals surface area contributed by atoms with Crippen LogP contribution < -0.4 is 0 Å². The Bertz CT molecular complexity index is 1480. The lowest BCUT2D eigenvalue weighted by atomic mass is 9.90. The van der Waals surface area contributed by atoms with Crippen LogP contribution in [0.3, 0.4) is 0 Å². The van der Waals surface area contributed by atoms with Gasteiger partial charge in [-0.3, -0.25) is 0 Å². The molecule has 0 atom stereocenters. The van der Waals surface area contributed by atoms with Gasteiger partial charge in [0.15, 0.2) is 0 Å². The van der Waals surface area contributed by atoms with Gasteiger partial charge in [-0.2, -0.15) is 4.31 Å². The zero-order chi connectivity index (χ0) is 23.2. The molecule has 6 heteroatoms. The fraction of sp³-hybridized carbons (Fsp3) is 0.148. The van der Waals surface area contributed by atoms with Gasteiger partial charge in [0.1, 0.15) is 0 Å². The Hall–Kier alpha value is -3.48. The van der Waals surface area contributed by atoms with Crippen LogP contribution in [0.2, 0.25) is 0 Å². The molecule has 33 heavy (non-hydrogen) atoms. The molecule has 5 rings (SSSR count). The van der Waals surface area contributed by atoms with Crippen molar-refractivity contribution >= 4 is 26.8 Å². The molecular formula is C27H23NO4S. The Balaban J connectivity index is 1.68. The summed E-state index contributed by atoms with van der Waals surface area (Å²) in [6.07, 6.45) is 0. The first-order chi connectivity index (χ1) is 15.9. The topological polar surface area (TPSA) is 63.7 Å². The minimum absolute atomic E-state index is 0.272. The number of esters is 1. The number of benzene rings is 4. The van der Waals surface area contributed by atoms with Crippen molar-refractivity contribution in [3.05, 3.63) is 101 Å². The van der Waals surface area contributed by atoms with Gasteiger partial charge < -0.3 is 4.74 Å². The molecule has 1 aliphatic rings. The van der Waals surface area contributed by atoms with Gasteiger partial charge in [0.2, 0.25) is 10.0 Å². The normalized spacial score (nSPS) is 13.8. The lowest BCUT2D eigenvalue weighted by Gasteiger charge is -2.16. The second-order valence-corrected chi connectivity index (χ2v) is 10.2. The fourth-order valence-corrected chi connectivity index (χ4v) is 5.84. The molecule has 0 spiro atoms. The average molecular weight is 458 g/mol. The van der Waals surface area contributed by atoms with Gasteiger partial charge in [0.05, 0.1) is 17.6 Å². The molecule has 166 valence electrons. The lowest BCUT2D eigenvalue weighted by Crippen LogP contribution is -2.25. The number of rotatable bonds is 4. The Labute approximate surface area is 193 Å². The van der Waals surface area contributed by atoms with Gasteiger partial charge in [-0.1, -0.05) is 54.1 Å². The molecule has 1 heterocycles. The number of hydrogen-bond acceptors (Lipinski definition) is 4. The number of carbonyl (C=O) groups excluding carboxylic acids is 1. The molecule has 0 radical (unpaired) electrons. The highest BCUT2D eigenvalue weighted by Gasteiger charge is 2.33. The van der Waals surface area contributed by atoms with Gasteiger partial charge >= 0.3 is 5.97 Å². The average Bonchev–Trinajstić information content (AvgIpc) is 3.27. The Kier molecular flexibility index (Phi) is 5.27. The highest BCUT2D eigenvalue weighted by molar-refractivity contribution is 7.89. The van der Waals surface area contributed by atoms with Crippen molar-refractivity contribution in [2.75, 3.05) is 7.11 Å². The van der Waals surface area contributed by atoms with E-state index in [9.17, 15) is 13.2 Å². The molecule has 0 saturated carbocycles. The molecule has 0 N–H and O–H groups in total. The minimum atomic E-state index is -3.65. The number of ether oxygens (including phenoxy) is 1. The maximum atomic E-state index is 13.4. The number of fused-ring (bicyclic) bond motifs is 2. The summed E-state index contributed by atoms with van der Waals surface area (Å²) in [5.74, 6) is -0.403. The summed E-state index contributed by atoms with van der Waals surface area (Å²) >= 11 is 0. The largest absolute Gasteiger partial charge is 0.465 e. The smallest absolute Gasteiger partial charge is 0.337 e. The minimum Gasteiger partial charge on any atom is -0.465 e. The van der Waals surface area contributed by atoms with Gasteiger partial charge in [-0.15, -0.1) is 0 Å². The first-order valence-electron chi connectivity index (χ1n) is 10.7. The maximum Gasteiger partial charge on any atom is 0.337 e. The summed E-state index contributed by atoms with van der Waals surface area (Å²) in [5, 5.41) is 1.85. The molecule has 4 aromatic rings. The lowest BCUT2D eigenvalue weighted by molar-refractivity contribution is 0.0601. The number of methoxy groups -OCH3 is 1. The maximum absolute atomic E-state index is 13.4. The van der Waals surface area contributed by atoms with Crippen LogP contribution in [0.1, 0.15) is 27.0 Å². The summed E-state index contributed by atoms with van der Waals surface area (Å²) in [6, 6.07) is 24.3. The third-order valence-electron chi connectivity index (χ3n) is 6.17. The second kappa shape index (κ2) is 8.14. The number of nitrogens with zero attached hydrogens (tertiary/aromatic N) is 1. The van der Waals surface area contributed by atoms with E-state index in [1.807, 2.05) is 67.6 Å². The van der Waals surface area contributed by atoms with Gasteiger partial charge in [-0.05, 0) is 70.3 Å². The Morgan fingerprint density at radius 1 is 0.909 bits per heavy atom. The SMILES string of the molecule is COC(=O)c1ccc2cc3c(c(-c4ccccc4)c2c1)CN(S(=O)(=O)c1ccc(C)cc1)C3. The van der Waals surface area contributed by atoms with Gasteiger partial charge in [0.25, 0.3) is 0 Å². The van der Waals surface area contributed by atoms with Crippen molar-refractivity contribution in [2.45, 2.75) is 24.9 Å². The van der Waals surface area contributed by atoms with Crippen molar-refractivity contribution in [3.63, 3.8) is 0 Å². The first-order valence-corrected chi connectivity index (χ1v) is 12.1. The highest BCUT2D eigenvalue weighted by atomic mass is 32.2. The number of hydrogen-bond donors (Lipinski definition) is 0. The van der Waals surface area contributed by atoms with Gasteiger partial charge in [0, 0.05) is 13.1 Å². The molecule has 5 nitrogen and oxygen atoms in total. The van der Waals surface area contributed by atoms with E-state index in [0.29, 0.717) is 17.0 Å². The van der Waals surface area contributed by atoms with Gasteiger partial charge in [-0.25, -0.2) is 13.2 Å². The van der Waals surface area contributed by atoms with Crippen LogP contribution in [0.4, 0.5) is 0 Å². The Morgan fingerprint density at radius 3 is 2.33 bits per heavy atom. The van der Waals surface area contributed by atoms with Crippen molar-refractivity contribution in [3.8, 4) is 11.1 Å². The van der Waals surface area contributed by atoms with Crippen LogP contribution >= 0.6 is 0 Å². The molecule has 1 aliphatic heterocycles. The van der Waals surface area contributed by atoms with Crippen molar-refractivity contribution < 1.29 is 17.9 Å². The number of sulfonamides is 1. The standard InChI is InChI=1S/C27H23NO4S/c1-18-8-12-23(13-9-18)33(30,31)28-16-22-14-20-10-11-21(27(29)32-2)15-24(20)26(25(22)17-28)19-6-4-3-5-7-19/h3-15H,16-17H2,1-2H3. The molecule has 0 fully saturated rings. The van der Waals surface area contributed by atoms with Crippen molar-refractivity contribution in [2.24, 2.45) is 0 Å². The Morgan fingerprint density at radius 2 is 1.64 bits per heavy atom. The van der Waals surface area contributed by atoms with Crippen molar-refractivity contribution in [1.29, 1.82) is 0 Å². The summed E-state index contributed by atoms with van der Waals surface area (Å²) in [7, 11) is -2.29. The fourth-order valence-electron chi connectivity index (χ4n) is 4.45. The van der Waals surface area contributed by atoms with Crippen LogP contribution in [0, 0.1) is 6.92 Å². The first kappa shape index (κ1) is 21.4. The molecule has 0 aromatic heterocycles. The molecule has 0 bridgehead atoms. The van der Waals surface area contributed by atoms with E-state index in [4.69, 9.17) is 4.74 Å². The molecule has 0 unspecified atom stereocenters. The van der Waals surface area contributed by atoms with E-state index < -0.39 is 16.0 Å². The van der Waals surface area contributed by atoms with Crippen LogP contribution in [-0.4, -0.2) is 25.8 Å². The zero-order valence-electron chi connectivity index (χ0n) is 18.4. The van der Waals surface area contributed by atoms with E-state index in [1.54, 1.807) is 18.2 Å². The summed E-state index contributed by atoms with van der Waals surface area (Å²) in [5.41, 5.74) is 5.35. The molecule has 0 amide bonds. The molecular weight excluding hydrogens is 434 g/mol. The van der Waals surface area contributed by atoms with E-state index in [-0.39, 0.29) is 6.54 Å². The summed E-state index contributed by atoms with van der Waals surface area (Å²) in [6.45, 7) is 2.51. The number of aryl methyl sites for hydroxylation is 1. The quantitative estimate of drug-likeness (QED) is 0.390. The zero-order valence-corrected chi connectivity index (χ0v) is 19.2. The predicted octanol–water partition coefficient (Wildman–Crippen LogP) is 5.31. The highest BCUT2D eigenvalue weighted by Crippen LogP contribution is 2.41. The summed E-state index contributed by atoms with van der Waals surface area (Å²) in [4.78, 5) is 12.5. The van der Waals surface area contributed by atoms with Crippen LogP contribution in [0.25, 0.3) is 21.9 Å². The molecule has 0 saturated heterocycles. The van der Waals surface area contributed by atoms with E-state index >= 15 is 0 Å². The third kappa shape index (κ3) is 3.71. The molecule has 4 aromatic carbocycles. The van der Waals surface area contributed by atoms with Crippen LogP contribution in [0.5, 0.6) is 0 Å². The second-order valence-electron chi connectivity index (χ2n) is 8.27. The van der Waals surface area contributed by atoms with Crippen LogP contribution in [-0.2, 0) is 27.8 Å². The predicted molar refractivity (Wildman–Crippen MR) is 128 cm³/mol.